The summed E-state index contributed by atoms with van der Waals surface area (Å²) < 4.78 is 1.86. The van der Waals surface area contributed by atoms with E-state index in [4.69, 9.17) is 0 Å². The van der Waals surface area contributed by atoms with Crippen LogP contribution in [0.4, 0.5) is 0 Å². The quantitative estimate of drug-likeness (QED) is 0.622. The number of nitrogens with zero attached hydrogens (tertiary/aromatic N) is 3. The molecule has 3 rings (SSSR count). The smallest absolute Gasteiger partial charge is 0.139 e. The Balaban J connectivity index is 2.10. The van der Waals surface area contributed by atoms with Gasteiger partial charge in [0.25, 0.3) is 0 Å². The zero-order chi connectivity index (χ0) is 12.4. The molecule has 0 N–H and O–H groups in total. The molecule has 0 aliphatic heterocycles. The van der Waals surface area contributed by atoms with E-state index in [-0.39, 0.29) is 0 Å². The van der Waals surface area contributed by atoms with Gasteiger partial charge in [-0.05, 0) is 12.1 Å². The maximum atomic E-state index is 4.16. The summed E-state index contributed by atoms with van der Waals surface area (Å²) in [7, 11) is 2.07. The Morgan fingerprint density at radius 2 is 1.61 bits per heavy atom. The molecule has 0 unspecified atom stereocenters. The van der Waals surface area contributed by atoms with Gasteiger partial charge in [-0.2, -0.15) is 0 Å². The van der Waals surface area contributed by atoms with Crippen molar-refractivity contribution >= 4 is 13.3 Å². The van der Waals surface area contributed by atoms with Gasteiger partial charge in [-0.1, -0.05) is 53.1 Å². The molecular weight excluding hydrogens is 221 g/mol. The fraction of sp³-hybridized carbons (Fsp3) is 0. The van der Waals surface area contributed by atoms with Gasteiger partial charge in [-0.25, -0.2) is 4.68 Å². The molecule has 0 bridgehead atoms. The van der Waals surface area contributed by atoms with Crippen molar-refractivity contribution in [1.29, 1.82) is 0 Å². The standard InChI is InChI=1S/C14H12BN3/c15-12-6-8-13(9-7-12)18-14(10-16-17-18)11-4-2-1-3-5-11/h1-10H,15H2. The first-order valence-corrected chi connectivity index (χ1v) is 5.88. The normalized spacial score (nSPS) is 10.4. The molecule has 18 heavy (non-hydrogen) atoms. The zero-order valence-electron chi connectivity index (χ0n) is 10.1. The first-order chi connectivity index (χ1) is 8.84. The second-order valence-electron chi connectivity index (χ2n) is 4.23. The molecular formula is C14H12BN3. The summed E-state index contributed by atoms with van der Waals surface area (Å²) in [5.74, 6) is 0. The van der Waals surface area contributed by atoms with E-state index in [0.717, 1.165) is 16.9 Å². The van der Waals surface area contributed by atoms with Crippen LogP contribution in [0.5, 0.6) is 0 Å². The van der Waals surface area contributed by atoms with Gasteiger partial charge in [0.2, 0.25) is 0 Å². The number of benzene rings is 2. The average molecular weight is 233 g/mol. The van der Waals surface area contributed by atoms with Crippen LogP contribution >= 0.6 is 0 Å². The van der Waals surface area contributed by atoms with Gasteiger partial charge in [0.05, 0.1) is 17.6 Å². The van der Waals surface area contributed by atoms with Crippen LogP contribution in [0, 0.1) is 0 Å². The van der Waals surface area contributed by atoms with Gasteiger partial charge < -0.3 is 0 Å². The Morgan fingerprint density at radius 3 is 2.33 bits per heavy atom. The maximum Gasteiger partial charge on any atom is 0.139 e. The van der Waals surface area contributed by atoms with Crippen molar-refractivity contribution in [2.45, 2.75) is 0 Å². The largest absolute Gasteiger partial charge is 0.213 e. The van der Waals surface area contributed by atoms with Gasteiger partial charge in [-0.15, -0.1) is 5.10 Å². The van der Waals surface area contributed by atoms with Crippen molar-refractivity contribution in [1.82, 2.24) is 15.0 Å². The lowest BCUT2D eigenvalue weighted by Gasteiger charge is -2.06. The summed E-state index contributed by atoms with van der Waals surface area (Å²) in [6, 6.07) is 18.4. The molecule has 3 aromatic rings. The SMILES string of the molecule is Bc1ccc(-n2nncc2-c2ccccc2)cc1. The minimum absolute atomic E-state index is 0.999. The molecule has 1 heterocycles. The van der Waals surface area contributed by atoms with Gasteiger partial charge in [0.1, 0.15) is 7.85 Å². The predicted molar refractivity (Wildman–Crippen MR) is 75.0 cm³/mol. The monoisotopic (exact) mass is 233 g/mol. The van der Waals surface area contributed by atoms with Crippen LogP contribution in [0.1, 0.15) is 0 Å². The van der Waals surface area contributed by atoms with Crippen LogP contribution in [-0.4, -0.2) is 22.8 Å². The Bertz CT molecular complexity index is 644. The molecule has 4 heteroatoms. The van der Waals surface area contributed by atoms with E-state index in [1.165, 1.54) is 5.46 Å². The fourth-order valence-corrected chi connectivity index (χ4v) is 1.92. The van der Waals surface area contributed by atoms with Gasteiger partial charge >= 0.3 is 0 Å². The molecule has 0 saturated heterocycles. The van der Waals surface area contributed by atoms with Crippen molar-refractivity contribution in [3.63, 3.8) is 0 Å². The van der Waals surface area contributed by atoms with Crippen molar-refractivity contribution in [2.75, 3.05) is 0 Å². The van der Waals surface area contributed by atoms with E-state index >= 15 is 0 Å². The highest BCUT2D eigenvalue weighted by Crippen LogP contribution is 2.20. The number of rotatable bonds is 2. The molecule has 86 valence electrons. The lowest BCUT2D eigenvalue weighted by molar-refractivity contribution is 0.808. The highest BCUT2D eigenvalue weighted by molar-refractivity contribution is 6.32. The van der Waals surface area contributed by atoms with Crippen molar-refractivity contribution < 1.29 is 0 Å². The molecule has 0 fully saturated rings. The summed E-state index contributed by atoms with van der Waals surface area (Å²) in [6.45, 7) is 0. The van der Waals surface area contributed by atoms with Crippen LogP contribution in [0.2, 0.25) is 0 Å². The Morgan fingerprint density at radius 1 is 0.889 bits per heavy atom. The summed E-state index contributed by atoms with van der Waals surface area (Å²) in [5, 5.41) is 8.17. The van der Waals surface area contributed by atoms with Crippen molar-refractivity contribution in [3.8, 4) is 16.9 Å². The van der Waals surface area contributed by atoms with E-state index in [0.29, 0.717) is 0 Å². The Hall–Kier alpha value is -2.36. The van der Waals surface area contributed by atoms with Crippen LogP contribution in [0.25, 0.3) is 16.9 Å². The topological polar surface area (TPSA) is 30.7 Å². The minimum atomic E-state index is 0.999. The van der Waals surface area contributed by atoms with E-state index in [1.807, 2.05) is 22.9 Å². The maximum absolute atomic E-state index is 4.16. The molecule has 1 aromatic heterocycles. The Kier molecular flexibility index (Phi) is 2.69. The van der Waals surface area contributed by atoms with E-state index in [9.17, 15) is 0 Å². The minimum Gasteiger partial charge on any atom is -0.213 e. The van der Waals surface area contributed by atoms with Crippen molar-refractivity contribution in [2.24, 2.45) is 0 Å². The third-order valence-corrected chi connectivity index (χ3v) is 2.90. The third kappa shape index (κ3) is 1.93. The molecule has 3 nitrogen and oxygen atoms in total. The number of hydrogen-bond acceptors (Lipinski definition) is 2. The zero-order valence-corrected chi connectivity index (χ0v) is 10.1. The first-order valence-electron chi connectivity index (χ1n) is 5.88. The molecule has 2 aromatic carbocycles. The summed E-state index contributed by atoms with van der Waals surface area (Å²) in [5.41, 5.74) is 4.37. The molecule has 0 saturated carbocycles. The second kappa shape index (κ2) is 4.49. The summed E-state index contributed by atoms with van der Waals surface area (Å²) >= 11 is 0. The molecule has 0 spiro atoms. The summed E-state index contributed by atoms with van der Waals surface area (Å²) in [6.07, 6.45) is 1.79. The molecule has 0 atom stereocenters. The van der Waals surface area contributed by atoms with Gasteiger partial charge in [0, 0.05) is 5.56 Å². The fourth-order valence-electron chi connectivity index (χ4n) is 1.92. The van der Waals surface area contributed by atoms with Crippen LogP contribution in [-0.2, 0) is 0 Å². The van der Waals surface area contributed by atoms with E-state index in [2.05, 4.69) is 54.6 Å². The lowest BCUT2D eigenvalue weighted by Crippen LogP contribution is -2.04. The van der Waals surface area contributed by atoms with E-state index < -0.39 is 0 Å². The molecule has 0 aliphatic rings. The molecule has 0 radical (unpaired) electrons. The van der Waals surface area contributed by atoms with Gasteiger partial charge in [-0.3, -0.25) is 0 Å². The average Bonchev–Trinajstić information content (AvgIpc) is 2.90. The summed E-state index contributed by atoms with van der Waals surface area (Å²) in [4.78, 5) is 0. The van der Waals surface area contributed by atoms with Crippen LogP contribution < -0.4 is 5.46 Å². The number of hydrogen-bond donors (Lipinski definition) is 0. The second-order valence-corrected chi connectivity index (χ2v) is 4.23. The first kappa shape index (κ1) is 10.8. The lowest BCUT2D eigenvalue weighted by atomic mass is 9.96. The molecule has 0 amide bonds. The van der Waals surface area contributed by atoms with Gasteiger partial charge in [0.15, 0.2) is 0 Å². The number of aromatic nitrogens is 3. The third-order valence-electron chi connectivity index (χ3n) is 2.90. The highest BCUT2D eigenvalue weighted by atomic mass is 15.4. The van der Waals surface area contributed by atoms with Crippen LogP contribution in [0.3, 0.4) is 0 Å². The van der Waals surface area contributed by atoms with Crippen LogP contribution in [0.15, 0.2) is 60.8 Å². The van der Waals surface area contributed by atoms with Crippen molar-refractivity contribution in [3.05, 3.63) is 60.8 Å². The highest BCUT2D eigenvalue weighted by Gasteiger charge is 2.07. The molecule has 0 aliphatic carbocycles. The Labute approximate surface area is 106 Å². The predicted octanol–water partition coefficient (Wildman–Crippen LogP) is 1.19. The van der Waals surface area contributed by atoms with E-state index in [1.54, 1.807) is 6.20 Å².